The van der Waals surface area contributed by atoms with Crippen molar-refractivity contribution in [3.05, 3.63) is 0 Å². The van der Waals surface area contributed by atoms with E-state index < -0.39 is 14.1 Å². The quantitative estimate of drug-likeness (QED) is 0.510. The molecule has 0 aromatic heterocycles. The highest BCUT2D eigenvalue weighted by molar-refractivity contribution is 6.55. The average Bonchev–Trinajstić information content (AvgIpc) is 1.35. The molecule has 0 amide bonds. The van der Waals surface area contributed by atoms with E-state index in [1.54, 1.807) is 0 Å². The molecule has 0 heterocycles. The molecule has 1 nitrogen and oxygen atoms in total. The molecule has 0 fully saturated rings. The fourth-order valence-corrected chi connectivity index (χ4v) is 0.775. The van der Waals surface area contributed by atoms with E-state index in [2.05, 4.69) is 11.6 Å². The van der Waals surface area contributed by atoms with Crippen LogP contribution in [0.25, 0.3) is 0 Å². The lowest BCUT2D eigenvalue weighted by atomic mass is 10.9. The van der Waals surface area contributed by atoms with E-state index in [1.807, 2.05) is 0 Å². The van der Waals surface area contributed by atoms with Crippen molar-refractivity contribution in [3.63, 3.8) is 0 Å². The van der Waals surface area contributed by atoms with Crippen LogP contribution in [0, 0.1) is 0 Å². The van der Waals surface area contributed by atoms with Crippen LogP contribution in [-0.4, -0.2) is 25.9 Å². The molecule has 0 aliphatic rings. The largest absolute Gasteiger partial charge is 0.398 e. The molecule has 36 valence electrons. The first-order valence-electron chi connectivity index (χ1n) is 2.38. The molecular weight excluding hydrogens is 91.0 g/mol. The Morgan fingerprint density at radius 1 is 1.50 bits per heavy atom. The summed E-state index contributed by atoms with van der Waals surface area (Å²) < 4.78 is 0. The van der Waals surface area contributed by atoms with Gasteiger partial charge in [-0.15, -0.1) is 11.6 Å². The van der Waals surface area contributed by atoms with Crippen LogP contribution in [0.3, 0.4) is 0 Å². The van der Waals surface area contributed by atoms with E-state index in [0.717, 1.165) is 5.28 Å². The van der Waals surface area contributed by atoms with Gasteiger partial charge in [-0.3, -0.25) is 0 Å². The summed E-state index contributed by atoms with van der Waals surface area (Å²) in [5.74, 6) is 4.46. The van der Waals surface area contributed by atoms with Gasteiger partial charge < -0.3 is 5.11 Å². The third-order valence-corrected chi connectivity index (χ3v) is 2.12. The summed E-state index contributed by atoms with van der Waals surface area (Å²) in [5.41, 5.74) is 0. The topological polar surface area (TPSA) is 20.2 Å². The molecule has 0 saturated carbocycles. The number of aliphatic hydroxyl groups excluding tert-OH is 1. The minimum atomic E-state index is -0.421. The molecule has 0 radical (unpaired) electrons. The molecule has 0 bridgehead atoms. The van der Waals surface area contributed by atoms with Crippen LogP contribution in [0.1, 0.15) is 0 Å². The predicted molar refractivity (Wildman–Crippen MR) is 29.4 cm³/mol. The fraction of sp³-hybridized carbons (Fsp3) is 1.00. The van der Waals surface area contributed by atoms with Gasteiger partial charge in [0, 0.05) is 6.61 Å². The Labute approximate surface area is 43.4 Å². The normalized spacial score (nSPS) is 8.50. The van der Waals surface area contributed by atoms with Crippen molar-refractivity contribution in [1.29, 1.82) is 0 Å². The summed E-state index contributed by atoms with van der Waals surface area (Å²) in [6.07, 6.45) is 0. The molecule has 0 atom stereocenters. The minimum absolute atomic E-state index is 0.393. The van der Waals surface area contributed by atoms with E-state index >= 15 is 0 Å². The van der Waals surface area contributed by atoms with Crippen LogP contribution in [-0.2, 0) is 0 Å². The summed E-state index contributed by atoms with van der Waals surface area (Å²) in [7, 11) is 0. The number of aliphatic hydroxyl groups is 1. The molecule has 0 saturated heterocycles. The van der Waals surface area contributed by atoms with Gasteiger partial charge in [0.15, 0.2) is 0 Å². The monoisotopic (exact) mass is 102 g/mol. The second-order valence-electron chi connectivity index (χ2n) is 1.91. The molecule has 2 heteroatoms. The number of rotatable bonds is 2. The zero-order valence-corrected chi connectivity index (χ0v) is 5.59. The number of hydrogen-bond donors (Lipinski definition) is 1. The van der Waals surface area contributed by atoms with Crippen LogP contribution in [0.15, 0.2) is 0 Å². The van der Waals surface area contributed by atoms with Crippen LogP contribution < -0.4 is 0 Å². The van der Waals surface area contributed by atoms with E-state index in [0.29, 0.717) is 6.61 Å². The van der Waals surface area contributed by atoms with Gasteiger partial charge in [-0.05, 0) is 0 Å². The molecule has 0 aromatic rings. The van der Waals surface area contributed by atoms with Crippen molar-refractivity contribution >= 4 is 14.1 Å². The first kappa shape index (κ1) is 6.49. The Morgan fingerprint density at radius 2 is 2.00 bits per heavy atom. The highest BCUT2D eigenvalue weighted by Crippen LogP contribution is 1.85. The van der Waals surface area contributed by atoms with Crippen molar-refractivity contribution in [3.8, 4) is 0 Å². The minimum Gasteiger partial charge on any atom is -0.398 e. The maximum Gasteiger partial charge on any atom is 0.258 e. The third-order valence-electron chi connectivity index (χ3n) is 0.706. The molecule has 0 aliphatic carbocycles. The maximum absolute atomic E-state index is 8.27. The second-order valence-corrected chi connectivity index (χ2v) is 5.27. The highest BCUT2D eigenvalue weighted by Gasteiger charge is 1.96. The van der Waals surface area contributed by atoms with Gasteiger partial charge in [0.2, 0.25) is 0 Å². The summed E-state index contributed by atoms with van der Waals surface area (Å²) in [4.78, 5) is 0. The van der Waals surface area contributed by atoms with E-state index in [4.69, 9.17) is 5.11 Å². The van der Waals surface area contributed by atoms with Crippen LogP contribution in [0.4, 0.5) is 0 Å². The Bertz CT molecular complexity index is 28.7. The molecule has 1 N–H and O–H groups in total. The van der Waals surface area contributed by atoms with E-state index in [9.17, 15) is 0 Å². The number of hydrogen-bond acceptors (Lipinski definition) is 1. The summed E-state index contributed by atoms with van der Waals surface area (Å²) >= 11 is -0.421. The SMILES string of the molecule is [CH3][Al]([CH3])[CH2]CO. The van der Waals surface area contributed by atoms with Crippen LogP contribution >= 0.6 is 0 Å². The van der Waals surface area contributed by atoms with Gasteiger partial charge in [0.25, 0.3) is 14.1 Å². The fourth-order valence-electron chi connectivity index (χ4n) is 0.258. The Kier molecular flexibility index (Phi) is 3.98. The van der Waals surface area contributed by atoms with Crippen LogP contribution in [0.5, 0.6) is 0 Å². The Hall–Kier alpha value is 0.492. The summed E-state index contributed by atoms with van der Waals surface area (Å²) in [5, 5.41) is 9.34. The lowest BCUT2D eigenvalue weighted by Gasteiger charge is -1.88. The Morgan fingerprint density at radius 3 is 2.00 bits per heavy atom. The van der Waals surface area contributed by atoms with Gasteiger partial charge in [-0.1, -0.05) is 5.28 Å². The van der Waals surface area contributed by atoms with Crippen molar-refractivity contribution in [2.75, 3.05) is 6.61 Å². The Balaban J connectivity index is 2.63. The first-order chi connectivity index (χ1) is 2.77. The van der Waals surface area contributed by atoms with E-state index in [-0.39, 0.29) is 0 Å². The standard InChI is InChI=1S/C2H5O.2CH3.Al/c1-2-3;;;/h3H,1-2H2;2*1H3;. The summed E-state index contributed by atoms with van der Waals surface area (Å²) in [6.45, 7) is 0.393. The molecule has 0 spiro atoms. The summed E-state index contributed by atoms with van der Waals surface area (Å²) in [6, 6.07) is 0. The van der Waals surface area contributed by atoms with Gasteiger partial charge >= 0.3 is 0 Å². The van der Waals surface area contributed by atoms with Crippen molar-refractivity contribution in [1.82, 2.24) is 0 Å². The van der Waals surface area contributed by atoms with Gasteiger partial charge in [0.1, 0.15) is 0 Å². The van der Waals surface area contributed by atoms with Crippen molar-refractivity contribution in [2.45, 2.75) is 16.9 Å². The lowest BCUT2D eigenvalue weighted by molar-refractivity contribution is 0.317. The maximum atomic E-state index is 8.27. The average molecular weight is 102 g/mol. The zero-order chi connectivity index (χ0) is 4.99. The highest BCUT2D eigenvalue weighted by atomic mass is 27.2. The molecule has 0 rings (SSSR count). The zero-order valence-electron chi connectivity index (χ0n) is 4.44. The second kappa shape index (κ2) is 3.67. The smallest absolute Gasteiger partial charge is 0.258 e. The van der Waals surface area contributed by atoms with Crippen LogP contribution in [0.2, 0.25) is 16.9 Å². The molecule has 0 unspecified atom stereocenters. The van der Waals surface area contributed by atoms with Crippen molar-refractivity contribution < 1.29 is 5.11 Å². The van der Waals surface area contributed by atoms with Gasteiger partial charge in [-0.2, -0.15) is 0 Å². The molecule has 6 heavy (non-hydrogen) atoms. The first-order valence-corrected chi connectivity index (χ1v) is 5.51. The molecule has 0 aromatic carbocycles. The molecular formula is C4H11AlO. The van der Waals surface area contributed by atoms with Gasteiger partial charge in [0.05, 0.1) is 0 Å². The van der Waals surface area contributed by atoms with E-state index in [1.165, 1.54) is 0 Å². The molecule has 0 aliphatic heterocycles. The predicted octanol–water partition coefficient (Wildman–Crippen LogP) is 0.733. The third kappa shape index (κ3) is 4.49. The lowest BCUT2D eigenvalue weighted by Crippen LogP contribution is -2.00. The van der Waals surface area contributed by atoms with Crippen molar-refractivity contribution in [2.24, 2.45) is 0 Å². The van der Waals surface area contributed by atoms with Gasteiger partial charge in [-0.25, -0.2) is 0 Å².